The molecule has 6 rings (SSSR count). The number of imidazole rings is 1. The fourth-order valence-electron chi connectivity index (χ4n) is 10.6. The second kappa shape index (κ2) is 41.1. The topological polar surface area (TPSA) is 677 Å². The van der Waals surface area contributed by atoms with Crippen molar-refractivity contribution in [1.29, 1.82) is 0 Å². The smallest absolute Gasteiger partial charge is 0.404 e. The van der Waals surface area contributed by atoms with E-state index in [0.717, 1.165) is 64.4 Å². The second-order valence-corrected chi connectivity index (χ2v) is 26.3. The van der Waals surface area contributed by atoms with Crippen LogP contribution in [0, 0.1) is 12.8 Å². The van der Waals surface area contributed by atoms with Crippen molar-refractivity contribution in [3.05, 3.63) is 56.8 Å². The summed E-state index contributed by atoms with van der Waals surface area (Å²) in [5, 5.41) is 115. The summed E-state index contributed by atoms with van der Waals surface area (Å²) >= 11 is 2.51. The molecular formula is C60H96N20O21S2. The maximum atomic E-state index is 15.2. The number of thiazole rings is 2. The second-order valence-electron chi connectivity index (χ2n) is 24.5. The molecule has 2 aliphatic heterocycles. The van der Waals surface area contributed by atoms with Gasteiger partial charge in [0.25, 0.3) is 11.8 Å². The van der Waals surface area contributed by atoms with Crippen LogP contribution in [0.15, 0.2) is 23.3 Å². The lowest BCUT2D eigenvalue weighted by Crippen LogP contribution is -2.65. The molecule has 2 aliphatic rings. The van der Waals surface area contributed by atoms with Crippen LogP contribution in [0.25, 0.3) is 10.7 Å². The number of carbonyl (C=O) groups is 8. The molecule has 0 bridgehead atoms. The summed E-state index contributed by atoms with van der Waals surface area (Å²) in [6, 6.07) is -7.87. The number of anilines is 1. The van der Waals surface area contributed by atoms with E-state index in [4.69, 9.17) is 58.1 Å². The van der Waals surface area contributed by atoms with Gasteiger partial charge in [-0.2, -0.15) is 0 Å². The van der Waals surface area contributed by atoms with Crippen LogP contribution < -0.4 is 76.9 Å². The van der Waals surface area contributed by atoms with Gasteiger partial charge in [-0.1, -0.05) is 6.92 Å². The zero-order valence-corrected chi connectivity index (χ0v) is 58.6. The molecule has 0 saturated carbocycles. The molecule has 103 heavy (non-hydrogen) atoms. The lowest BCUT2D eigenvalue weighted by molar-refractivity contribution is -0.372. The Morgan fingerprint density at radius 3 is 2.02 bits per heavy atom. The van der Waals surface area contributed by atoms with Gasteiger partial charge in [0.1, 0.15) is 94.6 Å². The van der Waals surface area contributed by atoms with Crippen LogP contribution >= 0.6 is 22.7 Å². The van der Waals surface area contributed by atoms with Gasteiger partial charge < -0.3 is 146 Å². The van der Waals surface area contributed by atoms with E-state index >= 15 is 4.79 Å². The first-order valence-corrected chi connectivity index (χ1v) is 34.8. The number of nitrogens with zero attached hydrogens (tertiary/aromatic N) is 5. The predicted molar refractivity (Wildman–Crippen MR) is 363 cm³/mol. The highest BCUT2D eigenvalue weighted by molar-refractivity contribution is 7.14. The molecule has 43 heteroatoms. The SMILES string of the molecule is Cc1c(N)nc([C@H](CC(N)=O)NC[C@H](N)C(N)=O)nc1C(=O)N[C@H](C(=O)N[C@H](C)[C@@H](O)[C@H](C)C(=O)N[C@H](C(=O)NCCc1nc(-c2nc(C(=O)NCCCNCCCCNCCCN)cs2)cs1)[C@@H](C)O)[C@@H](O[C@@H]1O[C@@H](CO)[C@@H](O)[C@H](O)[C@@H]1O[C@H]1O[C@H](CO)[C@@H](O)[C@H](OC(N)=O)[C@@H]1O)c1cnc[nH]1. The number of aliphatic hydroxyl groups excluding tert-OH is 8. The highest BCUT2D eigenvalue weighted by Crippen LogP contribution is 2.35. The number of nitrogen functional groups attached to an aromatic ring is 1. The number of amides is 8. The summed E-state index contributed by atoms with van der Waals surface area (Å²) in [6.45, 7) is 7.22. The third-order valence-electron chi connectivity index (χ3n) is 16.6. The monoisotopic (exact) mass is 1500 g/mol. The Balaban J connectivity index is 1.19. The Morgan fingerprint density at radius 1 is 0.718 bits per heavy atom. The number of H-pyrrole nitrogens is 1. The summed E-state index contributed by atoms with van der Waals surface area (Å²) in [5.41, 5.74) is 33.6. The van der Waals surface area contributed by atoms with Crippen LogP contribution in [0.5, 0.6) is 0 Å². The van der Waals surface area contributed by atoms with E-state index < -0.39 is 183 Å². The number of rotatable bonds is 43. The minimum absolute atomic E-state index is 0.0146. The van der Waals surface area contributed by atoms with Gasteiger partial charge in [-0.3, -0.25) is 33.6 Å². The molecule has 2 fully saturated rings. The average Bonchev–Trinajstić information content (AvgIpc) is 1.26. The molecule has 6 heterocycles. The molecule has 0 radical (unpaired) electrons. The van der Waals surface area contributed by atoms with Crippen LogP contribution in [0.2, 0.25) is 0 Å². The van der Waals surface area contributed by atoms with Crippen LogP contribution in [-0.2, 0) is 54.1 Å². The van der Waals surface area contributed by atoms with Crippen LogP contribution in [0.1, 0.15) is 108 Å². The van der Waals surface area contributed by atoms with Crippen molar-refractivity contribution in [3.8, 4) is 10.7 Å². The molecule has 4 aromatic heterocycles. The fourth-order valence-corrected chi connectivity index (χ4v) is 12.2. The molecule has 0 unspecified atom stereocenters. The van der Waals surface area contributed by atoms with Crippen molar-refractivity contribution >= 4 is 75.9 Å². The van der Waals surface area contributed by atoms with E-state index in [1.807, 2.05) is 0 Å². The molecule has 0 spiro atoms. The molecular weight excluding hydrogens is 1400 g/mol. The van der Waals surface area contributed by atoms with E-state index in [1.54, 1.807) is 10.8 Å². The zero-order chi connectivity index (χ0) is 75.8. The maximum Gasteiger partial charge on any atom is 0.404 e. The van der Waals surface area contributed by atoms with Crippen LogP contribution in [0.4, 0.5) is 10.6 Å². The van der Waals surface area contributed by atoms with Gasteiger partial charge in [0, 0.05) is 48.8 Å². The van der Waals surface area contributed by atoms with E-state index in [2.05, 4.69) is 72.4 Å². The van der Waals surface area contributed by atoms with E-state index in [1.165, 1.54) is 50.4 Å². The van der Waals surface area contributed by atoms with Crippen LogP contribution in [-0.4, -0.2) is 282 Å². The molecule has 574 valence electrons. The molecule has 8 amide bonds. The first kappa shape index (κ1) is 84.2. The number of aromatic amines is 1. The summed E-state index contributed by atoms with van der Waals surface area (Å²) in [5.74, 6) is -8.73. The summed E-state index contributed by atoms with van der Waals surface area (Å²) in [4.78, 5) is 131. The number of unbranched alkanes of at least 4 members (excludes halogenated alkanes) is 1. The maximum absolute atomic E-state index is 15.2. The van der Waals surface area contributed by atoms with Crippen molar-refractivity contribution in [2.75, 3.05) is 71.3 Å². The first-order chi connectivity index (χ1) is 49.0. The zero-order valence-electron chi connectivity index (χ0n) is 57.0. The Kier molecular flexibility index (Phi) is 33.6. The summed E-state index contributed by atoms with van der Waals surface area (Å²) in [6.07, 6.45) is -21.4. The summed E-state index contributed by atoms with van der Waals surface area (Å²) < 4.78 is 28.8. The van der Waals surface area contributed by atoms with Gasteiger partial charge in [-0.05, 0) is 79.2 Å². The third-order valence-corrected chi connectivity index (χ3v) is 18.4. The molecule has 41 nitrogen and oxygen atoms in total. The predicted octanol–water partition coefficient (Wildman–Crippen LogP) is -8.27. The molecule has 0 aliphatic carbocycles. The van der Waals surface area contributed by atoms with Crippen molar-refractivity contribution in [3.63, 3.8) is 0 Å². The minimum atomic E-state index is -2.20. The Hall–Kier alpha value is -7.77. The number of hydrogen-bond acceptors (Lipinski definition) is 34. The van der Waals surface area contributed by atoms with Gasteiger partial charge >= 0.3 is 6.09 Å². The molecule has 19 atom stereocenters. The van der Waals surface area contributed by atoms with Crippen molar-refractivity contribution in [1.82, 2.24) is 72.4 Å². The van der Waals surface area contributed by atoms with Gasteiger partial charge in [0.05, 0.1) is 72.7 Å². The van der Waals surface area contributed by atoms with Gasteiger partial charge in [0.2, 0.25) is 29.5 Å². The highest BCUT2D eigenvalue weighted by Gasteiger charge is 2.54. The molecule has 4 aromatic rings. The third kappa shape index (κ3) is 24.1. The average molecular weight is 1500 g/mol. The Bertz CT molecular complexity index is 3400. The number of aromatic nitrogens is 6. The fraction of sp³-hybridized carbons (Fsp3) is 0.650. The van der Waals surface area contributed by atoms with E-state index in [9.17, 15) is 74.4 Å². The normalized spacial score (nSPS) is 23.1. The quantitative estimate of drug-likeness (QED) is 0.0183. The molecule has 0 aromatic carbocycles. The summed E-state index contributed by atoms with van der Waals surface area (Å²) in [7, 11) is 0. The number of carbonyl (C=O) groups excluding carboxylic acids is 8. The molecule has 29 N–H and O–H groups in total. The Morgan fingerprint density at radius 2 is 1.39 bits per heavy atom. The number of nitrogens with two attached hydrogens (primary N) is 6. The lowest BCUT2D eigenvalue weighted by atomic mass is 9.96. The number of aliphatic hydroxyl groups is 8. The highest BCUT2D eigenvalue weighted by atomic mass is 32.1. The van der Waals surface area contributed by atoms with E-state index in [0.29, 0.717) is 28.8 Å². The van der Waals surface area contributed by atoms with Crippen molar-refractivity contribution in [2.45, 2.75) is 176 Å². The van der Waals surface area contributed by atoms with Crippen molar-refractivity contribution < 1.29 is 103 Å². The van der Waals surface area contributed by atoms with E-state index in [-0.39, 0.29) is 54.0 Å². The lowest BCUT2D eigenvalue weighted by Gasteiger charge is -2.47. The number of ether oxygens (including phenoxy) is 5. The van der Waals surface area contributed by atoms with Gasteiger partial charge in [-0.25, -0.2) is 29.7 Å². The van der Waals surface area contributed by atoms with Crippen molar-refractivity contribution in [2.24, 2.45) is 34.6 Å². The van der Waals surface area contributed by atoms with Gasteiger partial charge in [0.15, 0.2) is 18.7 Å². The minimum Gasteiger partial charge on any atom is -0.441 e. The first-order valence-electron chi connectivity index (χ1n) is 33.1. The number of primary amides is 3. The largest absolute Gasteiger partial charge is 0.441 e. The standard InChI is InChI=1S/C60H96N20O21S2/c1-25-38(77-51(80-49(25)64)30(17-36(63)84)72-18-29(62)50(65)90)55(94)79-40(46(31-19-69-24-73-31)99-59-48(44(88)42(86)34(20-81)98-59)100-58-45(89)47(101-60(66)96)43(87)35(21-82)97-58)56(95)74-27(3)41(85)26(2)52(91)78-39(28(4)83)54(93)71-16-9-37-75-33(23-102-37)57-76-32(22-103-57)53(92)70-15-8-14-68-12-6-5-11-67-13-7-10-61/h19,22-24,26-30,34-35,39-48,58-59,67-68,72,81-83,85-89H,5-18,20-21,61-62H2,1-4H3,(H2,63,84)(H2,65,90)(H2,66,96)(H,69,73)(H,70,92)(H,71,93)(H,74,95)(H,78,91)(H,79,94)(H2,64,77,80)/t26-,27+,28+,29-,30-,34-,35+,39-,40-,41-,42+,43+,44-,45-,46-,47-,48-,58+,59-/m0/s1. The number of hydrogen-bond donors (Lipinski definition) is 23. The number of nitrogens with one attached hydrogen (secondary N) is 9. The van der Waals surface area contributed by atoms with Crippen LogP contribution in [0.3, 0.4) is 0 Å². The van der Waals surface area contributed by atoms with Gasteiger partial charge in [-0.15, -0.1) is 22.7 Å². The Labute approximate surface area is 598 Å². The molecule has 2 saturated heterocycles.